The summed E-state index contributed by atoms with van der Waals surface area (Å²) in [7, 11) is 0. The van der Waals surface area contributed by atoms with Crippen molar-refractivity contribution in [1.82, 2.24) is 14.8 Å². The maximum Gasteiger partial charge on any atom is 0.223 e. The Morgan fingerprint density at radius 2 is 1.81 bits per heavy atom. The highest BCUT2D eigenvalue weighted by Crippen LogP contribution is 2.15. The van der Waals surface area contributed by atoms with E-state index in [1.165, 1.54) is 5.56 Å². The van der Waals surface area contributed by atoms with E-state index >= 15 is 0 Å². The molecule has 1 aliphatic rings. The second-order valence-electron chi connectivity index (χ2n) is 7.26. The van der Waals surface area contributed by atoms with Crippen LogP contribution in [-0.4, -0.2) is 52.7 Å². The predicted octanol–water partition coefficient (Wildman–Crippen LogP) is 3.01. The molecule has 1 amide bonds. The normalized spacial score (nSPS) is 15.0. The van der Waals surface area contributed by atoms with Crippen molar-refractivity contribution < 1.29 is 9.59 Å². The van der Waals surface area contributed by atoms with Crippen molar-refractivity contribution in [2.45, 2.75) is 33.2 Å². The second kappa shape index (κ2) is 8.91. The fraction of sp³-hybridized carbons (Fsp3) is 0.409. The summed E-state index contributed by atoms with van der Waals surface area (Å²) >= 11 is 0. The van der Waals surface area contributed by atoms with Gasteiger partial charge in [-0.1, -0.05) is 23.8 Å². The van der Waals surface area contributed by atoms with Gasteiger partial charge in [-0.2, -0.15) is 0 Å². The largest absolute Gasteiger partial charge is 0.340 e. The standard InChI is InChI=1S/C22H27N3O2/c1-17-5-6-18(2)20(14-17)21(26)7-8-22(27)25-12-10-24(11-13-25)16-19-4-3-9-23-15-19/h3-6,9,14-15H,7-8,10-13,16H2,1-2H3. The van der Waals surface area contributed by atoms with E-state index in [-0.39, 0.29) is 24.5 Å². The Morgan fingerprint density at radius 3 is 2.52 bits per heavy atom. The quantitative estimate of drug-likeness (QED) is 0.739. The van der Waals surface area contributed by atoms with Crippen molar-refractivity contribution in [2.24, 2.45) is 0 Å². The lowest BCUT2D eigenvalue weighted by molar-refractivity contribution is -0.132. The van der Waals surface area contributed by atoms with Crippen LogP contribution in [0.15, 0.2) is 42.7 Å². The van der Waals surface area contributed by atoms with Gasteiger partial charge in [0.2, 0.25) is 5.91 Å². The summed E-state index contributed by atoms with van der Waals surface area (Å²) in [6.45, 7) is 7.92. The average Bonchev–Trinajstić information content (AvgIpc) is 2.69. The molecule has 0 aliphatic carbocycles. The van der Waals surface area contributed by atoms with Gasteiger partial charge in [0.15, 0.2) is 5.78 Å². The SMILES string of the molecule is Cc1ccc(C)c(C(=O)CCC(=O)N2CCN(Cc3cccnc3)CC2)c1. The Labute approximate surface area is 161 Å². The number of carbonyl (C=O) groups excluding carboxylic acids is 2. The summed E-state index contributed by atoms with van der Waals surface area (Å²) in [6.07, 6.45) is 4.23. The molecule has 0 N–H and O–H groups in total. The summed E-state index contributed by atoms with van der Waals surface area (Å²) in [5.74, 6) is 0.134. The summed E-state index contributed by atoms with van der Waals surface area (Å²) in [5, 5.41) is 0. The molecule has 5 nitrogen and oxygen atoms in total. The van der Waals surface area contributed by atoms with Crippen molar-refractivity contribution in [2.75, 3.05) is 26.2 Å². The number of carbonyl (C=O) groups is 2. The number of aromatic nitrogens is 1. The van der Waals surface area contributed by atoms with Crippen LogP contribution >= 0.6 is 0 Å². The van der Waals surface area contributed by atoms with Crippen LogP contribution in [0.5, 0.6) is 0 Å². The molecule has 2 heterocycles. The first-order valence-corrected chi connectivity index (χ1v) is 9.52. The summed E-state index contributed by atoms with van der Waals surface area (Å²) in [6, 6.07) is 9.90. The van der Waals surface area contributed by atoms with Gasteiger partial charge in [0, 0.05) is 63.5 Å². The lowest BCUT2D eigenvalue weighted by atomic mass is 9.99. The minimum atomic E-state index is 0.0553. The molecule has 0 spiro atoms. The van der Waals surface area contributed by atoms with Gasteiger partial charge in [-0.05, 0) is 37.1 Å². The number of rotatable bonds is 6. The average molecular weight is 365 g/mol. The Morgan fingerprint density at radius 1 is 1.04 bits per heavy atom. The topological polar surface area (TPSA) is 53.5 Å². The fourth-order valence-corrected chi connectivity index (χ4v) is 3.45. The van der Waals surface area contributed by atoms with E-state index in [1.54, 1.807) is 6.20 Å². The minimum Gasteiger partial charge on any atom is -0.340 e. The first-order chi connectivity index (χ1) is 13.0. The molecule has 1 aromatic carbocycles. The summed E-state index contributed by atoms with van der Waals surface area (Å²) in [4.78, 5) is 33.3. The van der Waals surface area contributed by atoms with Crippen molar-refractivity contribution in [1.29, 1.82) is 0 Å². The van der Waals surface area contributed by atoms with Crippen LogP contribution in [-0.2, 0) is 11.3 Å². The summed E-state index contributed by atoms with van der Waals surface area (Å²) < 4.78 is 0. The third kappa shape index (κ3) is 5.23. The number of amides is 1. The number of benzene rings is 1. The zero-order chi connectivity index (χ0) is 19.2. The van der Waals surface area contributed by atoms with Crippen LogP contribution in [0, 0.1) is 13.8 Å². The number of piperazine rings is 1. The molecule has 0 saturated carbocycles. The van der Waals surface area contributed by atoms with Crippen LogP contribution in [0.2, 0.25) is 0 Å². The molecule has 2 aromatic rings. The van der Waals surface area contributed by atoms with Crippen molar-refractivity contribution in [3.05, 3.63) is 65.0 Å². The maximum absolute atomic E-state index is 12.5. The van der Waals surface area contributed by atoms with Gasteiger partial charge in [-0.25, -0.2) is 0 Å². The lowest BCUT2D eigenvalue weighted by Gasteiger charge is -2.34. The predicted molar refractivity (Wildman–Crippen MR) is 106 cm³/mol. The van der Waals surface area contributed by atoms with E-state index in [4.69, 9.17) is 0 Å². The molecule has 0 atom stereocenters. The third-order valence-corrected chi connectivity index (χ3v) is 5.11. The Bertz CT molecular complexity index is 796. The lowest BCUT2D eigenvalue weighted by Crippen LogP contribution is -2.48. The number of Topliss-reactive ketones (excluding diaryl/α,β-unsaturated/α-hetero) is 1. The molecule has 27 heavy (non-hydrogen) atoms. The maximum atomic E-state index is 12.5. The first-order valence-electron chi connectivity index (χ1n) is 9.52. The number of hydrogen-bond acceptors (Lipinski definition) is 4. The van der Waals surface area contributed by atoms with E-state index in [9.17, 15) is 9.59 Å². The van der Waals surface area contributed by atoms with Gasteiger partial charge in [-0.3, -0.25) is 19.5 Å². The van der Waals surface area contributed by atoms with Gasteiger partial charge in [0.05, 0.1) is 0 Å². The zero-order valence-corrected chi connectivity index (χ0v) is 16.1. The highest BCUT2D eigenvalue weighted by molar-refractivity contribution is 5.99. The molecule has 1 saturated heterocycles. The first kappa shape index (κ1) is 19.2. The number of nitrogens with zero attached hydrogens (tertiary/aromatic N) is 3. The molecule has 0 radical (unpaired) electrons. The van der Waals surface area contributed by atoms with Crippen LogP contribution in [0.4, 0.5) is 0 Å². The number of pyridine rings is 1. The second-order valence-corrected chi connectivity index (χ2v) is 7.26. The van der Waals surface area contributed by atoms with E-state index < -0.39 is 0 Å². The fourth-order valence-electron chi connectivity index (χ4n) is 3.45. The van der Waals surface area contributed by atoms with E-state index in [0.717, 1.165) is 49.4 Å². The summed E-state index contributed by atoms with van der Waals surface area (Å²) in [5.41, 5.74) is 3.97. The van der Waals surface area contributed by atoms with Crippen LogP contribution in [0.1, 0.15) is 39.9 Å². The molecule has 1 fully saturated rings. The number of aryl methyl sites for hydroxylation is 2. The molecule has 0 unspecified atom stereocenters. The highest BCUT2D eigenvalue weighted by Gasteiger charge is 2.22. The van der Waals surface area contributed by atoms with E-state index in [2.05, 4.69) is 16.0 Å². The smallest absolute Gasteiger partial charge is 0.223 e. The Balaban J connectivity index is 1.45. The van der Waals surface area contributed by atoms with Gasteiger partial charge in [0.1, 0.15) is 0 Å². The number of ketones is 1. The minimum absolute atomic E-state index is 0.0553. The molecular weight excluding hydrogens is 338 g/mol. The highest BCUT2D eigenvalue weighted by atomic mass is 16.2. The van der Waals surface area contributed by atoms with Crippen LogP contribution < -0.4 is 0 Å². The Kier molecular flexibility index (Phi) is 6.35. The van der Waals surface area contributed by atoms with E-state index in [0.29, 0.717) is 0 Å². The van der Waals surface area contributed by atoms with Crippen molar-refractivity contribution >= 4 is 11.7 Å². The molecule has 1 aromatic heterocycles. The van der Waals surface area contributed by atoms with Crippen LogP contribution in [0.3, 0.4) is 0 Å². The molecule has 3 rings (SSSR count). The molecular formula is C22H27N3O2. The molecule has 142 valence electrons. The monoisotopic (exact) mass is 365 g/mol. The van der Waals surface area contributed by atoms with Crippen LogP contribution in [0.25, 0.3) is 0 Å². The molecule has 5 heteroatoms. The molecule has 1 aliphatic heterocycles. The van der Waals surface area contributed by atoms with E-state index in [1.807, 2.05) is 49.2 Å². The van der Waals surface area contributed by atoms with Crippen molar-refractivity contribution in [3.63, 3.8) is 0 Å². The third-order valence-electron chi connectivity index (χ3n) is 5.11. The number of hydrogen-bond donors (Lipinski definition) is 0. The zero-order valence-electron chi connectivity index (χ0n) is 16.1. The Hall–Kier alpha value is -2.53. The van der Waals surface area contributed by atoms with Gasteiger partial charge in [0.25, 0.3) is 0 Å². The van der Waals surface area contributed by atoms with Crippen molar-refractivity contribution in [3.8, 4) is 0 Å². The van der Waals surface area contributed by atoms with Gasteiger partial charge < -0.3 is 4.90 Å². The van der Waals surface area contributed by atoms with Gasteiger partial charge >= 0.3 is 0 Å². The van der Waals surface area contributed by atoms with Gasteiger partial charge in [-0.15, -0.1) is 0 Å². The molecule has 0 bridgehead atoms.